The summed E-state index contributed by atoms with van der Waals surface area (Å²) in [5, 5.41) is 7.36. The lowest BCUT2D eigenvalue weighted by Gasteiger charge is -2.34. The molecule has 27 heavy (non-hydrogen) atoms. The summed E-state index contributed by atoms with van der Waals surface area (Å²) in [7, 11) is 0. The largest absolute Gasteiger partial charge is 0.351 e. The highest BCUT2D eigenvalue weighted by atomic mass is 15.2. The summed E-state index contributed by atoms with van der Waals surface area (Å²) in [6, 6.07) is 1.05. The van der Waals surface area contributed by atoms with Crippen molar-refractivity contribution in [1.29, 1.82) is 0 Å². The van der Waals surface area contributed by atoms with Crippen molar-refractivity contribution in [2.24, 2.45) is 0 Å². The van der Waals surface area contributed by atoms with Crippen molar-refractivity contribution in [3.05, 3.63) is 11.6 Å². The summed E-state index contributed by atoms with van der Waals surface area (Å²) < 4.78 is 0. The molecule has 154 valence electrons. The summed E-state index contributed by atoms with van der Waals surface area (Å²) in [5.74, 6) is 2.52. The fourth-order valence-electron chi connectivity index (χ4n) is 3.41. The van der Waals surface area contributed by atoms with Crippen LogP contribution in [0.4, 0.5) is 5.95 Å². The molecule has 0 amide bonds. The smallest absolute Gasteiger partial charge is 0.226 e. The van der Waals surface area contributed by atoms with Crippen molar-refractivity contribution < 1.29 is 0 Å². The first-order valence-corrected chi connectivity index (χ1v) is 10.6. The minimum Gasteiger partial charge on any atom is -0.351 e. The predicted octanol–water partition coefficient (Wildman–Crippen LogP) is 4.97. The summed E-state index contributed by atoms with van der Waals surface area (Å²) in [6.07, 6.45) is 5.69. The first-order chi connectivity index (χ1) is 12.3. The van der Waals surface area contributed by atoms with E-state index in [1.54, 1.807) is 0 Å². The monoisotopic (exact) mass is 375 g/mol. The topological polar surface area (TPSA) is 62.7 Å². The zero-order valence-corrected chi connectivity index (χ0v) is 19.0. The molecule has 0 atom stereocenters. The molecule has 1 fully saturated rings. The van der Waals surface area contributed by atoms with Gasteiger partial charge in [0.15, 0.2) is 0 Å². The fraction of sp³-hybridized carbons (Fsp3) is 0.864. The van der Waals surface area contributed by atoms with Gasteiger partial charge in [0.1, 0.15) is 11.6 Å². The van der Waals surface area contributed by atoms with Crippen LogP contribution in [-0.2, 0) is 10.8 Å². The van der Waals surface area contributed by atoms with Crippen LogP contribution < -0.4 is 10.6 Å². The molecule has 5 nitrogen and oxygen atoms in total. The van der Waals surface area contributed by atoms with Gasteiger partial charge >= 0.3 is 0 Å². The number of hydrogen-bond donors (Lipinski definition) is 2. The Balaban J connectivity index is 2.13. The van der Waals surface area contributed by atoms with Crippen LogP contribution in [0.3, 0.4) is 0 Å². The Hall–Kier alpha value is -1.23. The lowest BCUT2D eigenvalue weighted by atomic mass is 9.88. The molecule has 1 saturated carbocycles. The Bertz CT molecular complexity index is 617. The Morgan fingerprint density at radius 2 is 1.30 bits per heavy atom. The maximum absolute atomic E-state index is 4.82. The van der Waals surface area contributed by atoms with Crippen LogP contribution in [0.2, 0.25) is 0 Å². The molecule has 1 aromatic rings. The number of rotatable bonds is 5. The normalized spacial score (nSPS) is 22.0. The number of nitrogens with one attached hydrogen (secondary N) is 2. The van der Waals surface area contributed by atoms with Gasteiger partial charge in [-0.3, -0.25) is 0 Å². The van der Waals surface area contributed by atoms with Gasteiger partial charge in [-0.05, 0) is 52.9 Å². The Kier molecular flexibility index (Phi) is 6.55. The van der Waals surface area contributed by atoms with Crippen molar-refractivity contribution in [2.45, 2.75) is 123 Å². The molecule has 1 heterocycles. The molecular formula is C22H41N5. The second kappa shape index (κ2) is 8.02. The van der Waals surface area contributed by atoms with E-state index in [1.807, 2.05) is 0 Å². The van der Waals surface area contributed by atoms with Gasteiger partial charge in [-0.15, -0.1) is 0 Å². The van der Waals surface area contributed by atoms with Crippen molar-refractivity contribution in [3.8, 4) is 0 Å². The summed E-state index contributed by atoms with van der Waals surface area (Å²) in [4.78, 5) is 14.4. The number of aromatic nitrogens is 3. The number of nitrogens with zero attached hydrogens (tertiary/aromatic N) is 3. The van der Waals surface area contributed by atoms with Gasteiger partial charge in [0.2, 0.25) is 5.95 Å². The minimum absolute atomic E-state index is 0.0480. The zero-order valence-electron chi connectivity index (χ0n) is 19.0. The van der Waals surface area contributed by atoms with Crippen LogP contribution in [0.15, 0.2) is 0 Å². The van der Waals surface area contributed by atoms with E-state index < -0.39 is 0 Å². The lowest BCUT2D eigenvalue weighted by Crippen LogP contribution is -2.46. The summed E-state index contributed by atoms with van der Waals surface area (Å²) in [5.41, 5.74) is 0.0429. The highest BCUT2D eigenvalue weighted by Gasteiger charge is 2.29. The molecule has 0 aliphatic heterocycles. The predicted molar refractivity (Wildman–Crippen MR) is 114 cm³/mol. The highest BCUT2D eigenvalue weighted by molar-refractivity contribution is 5.29. The first-order valence-electron chi connectivity index (χ1n) is 10.6. The standard InChI is InChI=1S/C22H41N5/c1-10-22(8,9)18-24-17(20(2,3)4)25-19(26-18)23-15-11-13-16(14-12-15)27-21(5,6)7/h15-16,27H,10-14H2,1-9H3,(H,23,24,25,26). The number of anilines is 1. The molecule has 0 unspecified atom stereocenters. The maximum Gasteiger partial charge on any atom is 0.226 e. The Labute approximate surface area is 166 Å². The summed E-state index contributed by atoms with van der Waals surface area (Å²) >= 11 is 0. The van der Waals surface area contributed by atoms with Gasteiger partial charge in [0, 0.05) is 28.5 Å². The maximum atomic E-state index is 4.82. The highest BCUT2D eigenvalue weighted by Crippen LogP contribution is 2.28. The van der Waals surface area contributed by atoms with Crippen LogP contribution in [0.1, 0.15) is 106 Å². The third-order valence-electron chi connectivity index (χ3n) is 5.49. The lowest BCUT2D eigenvalue weighted by molar-refractivity contribution is 0.285. The quantitative estimate of drug-likeness (QED) is 0.761. The molecule has 0 radical (unpaired) electrons. The molecule has 0 bridgehead atoms. The van der Waals surface area contributed by atoms with Crippen LogP contribution in [0.5, 0.6) is 0 Å². The van der Waals surface area contributed by atoms with Crippen LogP contribution in [0.25, 0.3) is 0 Å². The molecule has 1 aromatic heterocycles. The van der Waals surface area contributed by atoms with E-state index in [2.05, 4.69) is 72.9 Å². The second-order valence-corrected chi connectivity index (χ2v) is 10.9. The van der Waals surface area contributed by atoms with Crippen molar-refractivity contribution in [1.82, 2.24) is 20.3 Å². The average Bonchev–Trinajstić information content (AvgIpc) is 2.54. The van der Waals surface area contributed by atoms with E-state index in [4.69, 9.17) is 15.0 Å². The van der Waals surface area contributed by atoms with E-state index >= 15 is 0 Å². The third kappa shape index (κ3) is 6.41. The average molecular weight is 376 g/mol. The molecule has 0 aromatic carbocycles. The third-order valence-corrected chi connectivity index (χ3v) is 5.49. The van der Waals surface area contributed by atoms with E-state index in [0.717, 1.165) is 36.9 Å². The molecule has 1 aliphatic rings. The molecule has 2 N–H and O–H groups in total. The van der Waals surface area contributed by atoms with E-state index in [0.29, 0.717) is 12.1 Å². The number of hydrogen-bond acceptors (Lipinski definition) is 5. The molecule has 5 heteroatoms. The van der Waals surface area contributed by atoms with Crippen LogP contribution >= 0.6 is 0 Å². The van der Waals surface area contributed by atoms with Gasteiger partial charge in [0.05, 0.1) is 0 Å². The van der Waals surface area contributed by atoms with Crippen molar-refractivity contribution >= 4 is 5.95 Å². The SMILES string of the molecule is CCC(C)(C)c1nc(NC2CCC(NC(C)(C)C)CC2)nc(C(C)(C)C)n1. The minimum atomic E-state index is -0.0910. The zero-order chi connectivity index (χ0) is 20.5. The van der Waals surface area contributed by atoms with E-state index in [-0.39, 0.29) is 16.4 Å². The Morgan fingerprint density at radius 3 is 1.78 bits per heavy atom. The molecule has 0 spiro atoms. The van der Waals surface area contributed by atoms with Gasteiger partial charge in [-0.2, -0.15) is 9.97 Å². The van der Waals surface area contributed by atoms with E-state index in [1.165, 1.54) is 12.8 Å². The van der Waals surface area contributed by atoms with Gasteiger partial charge in [0.25, 0.3) is 0 Å². The molecular weight excluding hydrogens is 334 g/mol. The second-order valence-electron chi connectivity index (χ2n) is 10.9. The van der Waals surface area contributed by atoms with E-state index in [9.17, 15) is 0 Å². The Morgan fingerprint density at radius 1 is 0.778 bits per heavy atom. The first kappa shape index (κ1) is 22.1. The molecule has 2 rings (SSSR count). The van der Waals surface area contributed by atoms with Crippen molar-refractivity contribution in [3.63, 3.8) is 0 Å². The summed E-state index contributed by atoms with van der Waals surface area (Å²) in [6.45, 7) is 19.8. The van der Waals surface area contributed by atoms with Gasteiger partial charge < -0.3 is 10.6 Å². The molecule has 1 aliphatic carbocycles. The molecule has 0 saturated heterocycles. The van der Waals surface area contributed by atoms with Gasteiger partial charge in [-0.1, -0.05) is 41.5 Å². The van der Waals surface area contributed by atoms with Crippen LogP contribution in [0, 0.1) is 0 Å². The van der Waals surface area contributed by atoms with Gasteiger partial charge in [-0.25, -0.2) is 4.98 Å². The van der Waals surface area contributed by atoms with Crippen molar-refractivity contribution in [2.75, 3.05) is 5.32 Å². The van der Waals surface area contributed by atoms with Crippen LogP contribution in [-0.4, -0.2) is 32.6 Å². The fourth-order valence-corrected chi connectivity index (χ4v) is 3.41.